The van der Waals surface area contributed by atoms with Crippen LogP contribution in [-0.2, 0) is 9.57 Å². The zero-order valence-electron chi connectivity index (χ0n) is 18.0. The van der Waals surface area contributed by atoms with Gasteiger partial charge in [-0.25, -0.2) is 19.2 Å². The summed E-state index contributed by atoms with van der Waals surface area (Å²) in [5.41, 5.74) is 5.68. The molecule has 11 heteroatoms. The lowest BCUT2D eigenvalue weighted by Gasteiger charge is -2.30. The van der Waals surface area contributed by atoms with Crippen molar-refractivity contribution in [2.24, 2.45) is 5.73 Å². The standard InChI is InChI=1S/C21H25FN4O6/c1-12(2)29-21(28)32-26-8-6-15(7-9-26)30-19-13(3)20(25-11-24-19)31-17-5-4-14(18(23)27)10-16(17)22/h4-5,10-12,15H,6-9H2,1-3H3,(H2,23,27). The maximum Gasteiger partial charge on any atom is 0.528 e. The van der Waals surface area contributed by atoms with Gasteiger partial charge in [-0.15, -0.1) is 5.06 Å². The number of carbonyl (C=O) groups is 2. The molecule has 1 fully saturated rings. The Balaban J connectivity index is 1.60. The first-order valence-corrected chi connectivity index (χ1v) is 10.1. The number of hydrogen-bond acceptors (Lipinski definition) is 9. The van der Waals surface area contributed by atoms with Gasteiger partial charge in [0.05, 0.1) is 11.7 Å². The molecule has 172 valence electrons. The Bertz CT molecular complexity index is 979. The maximum absolute atomic E-state index is 14.2. The number of piperidine rings is 1. The minimum absolute atomic E-state index is 0.0334. The van der Waals surface area contributed by atoms with Gasteiger partial charge in [-0.2, -0.15) is 0 Å². The number of nitrogens with zero attached hydrogens (tertiary/aromatic N) is 3. The Morgan fingerprint density at radius 2 is 1.88 bits per heavy atom. The minimum Gasteiger partial charge on any atom is -0.474 e. The van der Waals surface area contributed by atoms with Crippen LogP contribution >= 0.6 is 0 Å². The molecule has 1 aromatic carbocycles. The number of benzene rings is 1. The summed E-state index contributed by atoms with van der Waals surface area (Å²) in [4.78, 5) is 36.1. The largest absolute Gasteiger partial charge is 0.528 e. The van der Waals surface area contributed by atoms with Gasteiger partial charge in [-0.05, 0) is 39.0 Å². The molecule has 0 aliphatic carbocycles. The van der Waals surface area contributed by atoms with Crippen LogP contribution in [-0.4, -0.2) is 52.4 Å². The van der Waals surface area contributed by atoms with Crippen molar-refractivity contribution in [1.29, 1.82) is 0 Å². The van der Waals surface area contributed by atoms with Crippen LogP contribution in [0.3, 0.4) is 0 Å². The summed E-state index contributed by atoms with van der Waals surface area (Å²) in [6.07, 6.45) is 1.30. The van der Waals surface area contributed by atoms with Crippen molar-refractivity contribution in [2.75, 3.05) is 13.1 Å². The van der Waals surface area contributed by atoms with Crippen LogP contribution in [0, 0.1) is 12.7 Å². The normalized spacial score (nSPS) is 14.8. The van der Waals surface area contributed by atoms with Gasteiger partial charge < -0.3 is 24.8 Å². The molecule has 2 N–H and O–H groups in total. The van der Waals surface area contributed by atoms with E-state index < -0.39 is 17.9 Å². The van der Waals surface area contributed by atoms with Gasteiger partial charge in [-0.1, -0.05) is 0 Å². The summed E-state index contributed by atoms with van der Waals surface area (Å²) in [6, 6.07) is 3.66. The number of rotatable bonds is 7. The number of hydrogen-bond donors (Lipinski definition) is 1. The van der Waals surface area contributed by atoms with Crippen LogP contribution in [0.2, 0.25) is 0 Å². The van der Waals surface area contributed by atoms with Gasteiger partial charge >= 0.3 is 6.16 Å². The Morgan fingerprint density at radius 1 is 1.19 bits per heavy atom. The van der Waals surface area contributed by atoms with Crippen LogP contribution in [0.15, 0.2) is 24.5 Å². The molecule has 0 atom stereocenters. The molecule has 1 aliphatic heterocycles. The Hall–Kier alpha value is -3.47. The average molecular weight is 448 g/mol. The van der Waals surface area contributed by atoms with Crippen LogP contribution < -0.4 is 15.2 Å². The third kappa shape index (κ3) is 6.03. The van der Waals surface area contributed by atoms with Gasteiger partial charge in [0, 0.05) is 31.5 Å². The number of amides is 1. The third-order valence-corrected chi connectivity index (χ3v) is 4.63. The molecule has 10 nitrogen and oxygen atoms in total. The number of aromatic nitrogens is 2. The molecular formula is C21H25FN4O6. The highest BCUT2D eigenvalue weighted by atomic mass is 19.1. The molecule has 0 saturated carbocycles. The summed E-state index contributed by atoms with van der Waals surface area (Å²) in [5.74, 6) is -1.16. The summed E-state index contributed by atoms with van der Waals surface area (Å²) in [7, 11) is 0. The lowest BCUT2D eigenvalue weighted by Crippen LogP contribution is -2.40. The Kier molecular flexibility index (Phi) is 7.41. The van der Waals surface area contributed by atoms with Crippen molar-refractivity contribution < 1.29 is 33.0 Å². The van der Waals surface area contributed by atoms with Crippen molar-refractivity contribution in [3.63, 3.8) is 0 Å². The Labute approximate surface area is 184 Å². The second kappa shape index (κ2) is 10.2. The maximum atomic E-state index is 14.2. The number of ether oxygens (including phenoxy) is 3. The van der Waals surface area contributed by atoms with E-state index in [1.807, 2.05) is 0 Å². The molecule has 2 aromatic rings. The van der Waals surface area contributed by atoms with Crippen LogP contribution in [0.25, 0.3) is 0 Å². The van der Waals surface area contributed by atoms with E-state index in [4.69, 9.17) is 24.8 Å². The second-order valence-corrected chi connectivity index (χ2v) is 7.47. The van der Waals surface area contributed by atoms with Gasteiger partial charge in [0.25, 0.3) is 0 Å². The van der Waals surface area contributed by atoms with E-state index >= 15 is 0 Å². The van der Waals surface area contributed by atoms with Crippen LogP contribution in [0.5, 0.6) is 17.5 Å². The zero-order valence-corrected chi connectivity index (χ0v) is 18.0. The topological polar surface area (TPSA) is 126 Å². The van der Waals surface area contributed by atoms with E-state index in [1.54, 1.807) is 20.8 Å². The highest BCUT2D eigenvalue weighted by molar-refractivity contribution is 5.92. The molecule has 1 aliphatic rings. The van der Waals surface area contributed by atoms with Crippen molar-refractivity contribution in [3.8, 4) is 17.5 Å². The molecule has 1 aromatic heterocycles. The van der Waals surface area contributed by atoms with Crippen molar-refractivity contribution in [2.45, 2.75) is 45.8 Å². The van der Waals surface area contributed by atoms with E-state index in [1.165, 1.54) is 23.5 Å². The summed E-state index contributed by atoms with van der Waals surface area (Å²) in [5, 5.41) is 1.53. The summed E-state index contributed by atoms with van der Waals surface area (Å²) >= 11 is 0. The first-order chi connectivity index (χ1) is 15.2. The summed E-state index contributed by atoms with van der Waals surface area (Å²) in [6.45, 7) is 6.13. The van der Waals surface area contributed by atoms with E-state index in [0.29, 0.717) is 37.4 Å². The fourth-order valence-electron chi connectivity index (χ4n) is 3.00. The number of hydroxylamine groups is 2. The fourth-order valence-corrected chi connectivity index (χ4v) is 3.00. The molecule has 1 amide bonds. The van der Waals surface area contributed by atoms with Crippen molar-refractivity contribution >= 4 is 12.1 Å². The molecule has 0 radical (unpaired) electrons. The number of nitrogens with two attached hydrogens (primary N) is 1. The predicted molar refractivity (Wildman–Crippen MR) is 110 cm³/mol. The molecular weight excluding hydrogens is 423 g/mol. The molecule has 0 bridgehead atoms. The van der Waals surface area contributed by atoms with Crippen molar-refractivity contribution in [3.05, 3.63) is 41.5 Å². The predicted octanol–water partition coefficient (Wildman–Crippen LogP) is 3.14. The molecule has 0 spiro atoms. The van der Waals surface area contributed by atoms with Gasteiger partial charge in [0.1, 0.15) is 12.4 Å². The van der Waals surface area contributed by atoms with E-state index in [0.717, 1.165) is 6.07 Å². The third-order valence-electron chi connectivity index (χ3n) is 4.63. The highest BCUT2D eigenvalue weighted by Gasteiger charge is 2.25. The van der Waals surface area contributed by atoms with Gasteiger partial charge in [-0.3, -0.25) is 4.79 Å². The lowest BCUT2D eigenvalue weighted by atomic mass is 10.1. The monoisotopic (exact) mass is 448 g/mol. The minimum atomic E-state index is -0.745. The van der Waals surface area contributed by atoms with Gasteiger partial charge in [0.15, 0.2) is 11.6 Å². The smallest absolute Gasteiger partial charge is 0.474 e. The molecule has 3 rings (SSSR count). The van der Waals surface area contributed by atoms with Crippen LogP contribution in [0.1, 0.15) is 42.6 Å². The lowest BCUT2D eigenvalue weighted by molar-refractivity contribution is -0.151. The molecule has 0 unspecified atom stereocenters. The second-order valence-electron chi connectivity index (χ2n) is 7.47. The fraction of sp³-hybridized carbons (Fsp3) is 0.429. The van der Waals surface area contributed by atoms with Crippen molar-refractivity contribution in [1.82, 2.24) is 15.0 Å². The first-order valence-electron chi connectivity index (χ1n) is 10.1. The zero-order chi connectivity index (χ0) is 23.3. The number of halogens is 1. The Morgan fingerprint density at radius 3 is 2.50 bits per heavy atom. The summed E-state index contributed by atoms with van der Waals surface area (Å²) < 4.78 is 30.7. The first kappa shape index (κ1) is 23.2. The highest BCUT2D eigenvalue weighted by Crippen LogP contribution is 2.30. The molecule has 1 saturated heterocycles. The quantitative estimate of drug-likeness (QED) is 0.636. The van der Waals surface area contributed by atoms with E-state index in [-0.39, 0.29) is 29.4 Å². The molecule has 32 heavy (non-hydrogen) atoms. The van der Waals surface area contributed by atoms with Gasteiger partial charge in [0.2, 0.25) is 17.7 Å². The van der Waals surface area contributed by atoms with E-state index in [2.05, 4.69) is 9.97 Å². The average Bonchev–Trinajstić information content (AvgIpc) is 2.73. The molecule has 2 heterocycles. The van der Waals surface area contributed by atoms with Crippen LogP contribution in [0.4, 0.5) is 9.18 Å². The number of carbonyl (C=O) groups excluding carboxylic acids is 2. The SMILES string of the molecule is Cc1c(Oc2ccc(C(N)=O)cc2F)ncnc1OC1CCN(OC(=O)OC(C)C)CC1. The number of primary amides is 1. The van der Waals surface area contributed by atoms with E-state index in [9.17, 15) is 14.0 Å².